The van der Waals surface area contributed by atoms with Gasteiger partial charge in [-0.2, -0.15) is 10.2 Å². The Hall–Kier alpha value is -1.83. The Labute approximate surface area is 126 Å². The Bertz CT molecular complexity index is 705. The average Bonchev–Trinajstić information content (AvgIpc) is 3.22. The summed E-state index contributed by atoms with van der Waals surface area (Å²) in [5.41, 5.74) is 1.37. The van der Waals surface area contributed by atoms with Gasteiger partial charge in [0.2, 0.25) is 5.95 Å². The zero-order chi connectivity index (χ0) is 14.1. The van der Waals surface area contributed by atoms with E-state index in [2.05, 4.69) is 15.3 Å². The highest BCUT2D eigenvalue weighted by molar-refractivity contribution is 6.34. The molecule has 1 fully saturated rings. The van der Waals surface area contributed by atoms with Crippen LogP contribution in [0.3, 0.4) is 0 Å². The molecule has 2 aromatic rings. The van der Waals surface area contributed by atoms with Crippen molar-refractivity contribution in [2.75, 3.05) is 5.32 Å². The number of anilines is 1. The molecule has 0 radical (unpaired) electrons. The Morgan fingerprint density at radius 3 is 2.60 bits per heavy atom. The lowest BCUT2D eigenvalue weighted by Crippen LogP contribution is -2.07. The van der Waals surface area contributed by atoms with Gasteiger partial charge in [0.15, 0.2) is 5.15 Å². The summed E-state index contributed by atoms with van der Waals surface area (Å²) in [5.74, 6) is 0.436. The maximum atomic E-state index is 9.26. The Kier molecular flexibility index (Phi) is 3.47. The van der Waals surface area contributed by atoms with Crippen molar-refractivity contribution in [2.45, 2.75) is 18.9 Å². The van der Waals surface area contributed by atoms with E-state index in [-0.39, 0.29) is 10.7 Å². The molecule has 0 amide bonds. The third kappa shape index (κ3) is 2.55. The molecule has 1 N–H and O–H groups in total. The molecule has 100 valence electrons. The molecule has 1 saturated carbocycles. The predicted molar refractivity (Wildman–Crippen MR) is 78.8 cm³/mol. The summed E-state index contributed by atoms with van der Waals surface area (Å²) in [5, 5.41) is 13.1. The van der Waals surface area contributed by atoms with E-state index in [0.29, 0.717) is 28.3 Å². The first-order valence-corrected chi connectivity index (χ1v) is 6.93. The molecule has 6 heteroatoms. The number of halogens is 2. The summed E-state index contributed by atoms with van der Waals surface area (Å²) in [7, 11) is 0. The largest absolute Gasteiger partial charge is 0.351 e. The van der Waals surface area contributed by atoms with E-state index in [0.717, 1.165) is 12.8 Å². The molecule has 0 aliphatic heterocycles. The second-order valence-electron chi connectivity index (χ2n) is 4.57. The van der Waals surface area contributed by atoms with Crippen molar-refractivity contribution in [1.82, 2.24) is 9.97 Å². The van der Waals surface area contributed by atoms with E-state index in [1.807, 2.05) is 24.3 Å². The van der Waals surface area contributed by atoms with E-state index < -0.39 is 0 Å². The van der Waals surface area contributed by atoms with Crippen molar-refractivity contribution in [3.63, 3.8) is 0 Å². The van der Waals surface area contributed by atoms with Crippen molar-refractivity contribution in [3.8, 4) is 17.3 Å². The number of nitrogens with one attached hydrogen (secondary N) is 1. The Balaban J connectivity index is 2.14. The van der Waals surface area contributed by atoms with Crippen LogP contribution in [0.5, 0.6) is 0 Å². The maximum absolute atomic E-state index is 9.26. The first kappa shape index (κ1) is 13.2. The van der Waals surface area contributed by atoms with Gasteiger partial charge in [-0.3, -0.25) is 0 Å². The minimum absolute atomic E-state index is 0.139. The molecular weight excluding hydrogens is 295 g/mol. The van der Waals surface area contributed by atoms with Gasteiger partial charge in [0.1, 0.15) is 11.6 Å². The van der Waals surface area contributed by atoms with Crippen molar-refractivity contribution >= 4 is 29.2 Å². The molecule has 1 aromatic heterocycles. The molecular formula is C14H10Cl2N4. The maximum Gasteiger partial charge on any atom is 0.224 e. The minimum atomic E-state index is 0.139. The first-order valence-electron chi connectivity index (χ1n) is 6.18. The summed E-state index contributed by atoms with van der Waals surface area (Å²) in [6.07, 6.45) is 2.20. The first-order chi connectivity index (χ1) is 9.69. The van der Waals surface area contributed by atoms with Crippen LogP contribution in [-0.4, -0.2) is 16.0 Å². The predicted octanol–water partition coefficient (Wildman–Crippen LogP) is 3.90. The van der Waals surface area contributed by atoms with Crippen LogP contribution < -0.4 is 5.32 Å². The van der Waals surface area contributed by atoms with Crippen LogP contribution >= 0.6 is 23.2 Å². The summed E-state index contributed by atoms with van der Waals surface area (Å²) in [4.78, 5) is 8.52. The van der Waals surface area contributed by atoms with Crippen LogP contribution in [0.1, 0.15) is 18.4 Å². The van der Waals surface area contributed by atoms with Crippen molar-refractivity contribution in [2.24, 2.45) is 0 Å². The van der Waals surface area contributed by atoms with E-state index in [4.69, 9.17) is 23.2 Å². The molecule has 1 aliphatic carbocycles. The minimum Gasteiger partial charge on any atom is -0.351 e. The molecule has 0 spiro atoms. The summed E-state index contributed by atoms with van der Waals surface area (Å²) in [6.45, 7) is 0. The number of aromatic nitrogens is 2. The van der Waals surface area contributed by atoms with Gasteiger partial charge in [-0.05, 0) is 18.9 Å². The molecule has 0 unspecified atom stereocenters. The zero-order valence-corrected chi connectivity index (χ0v) is 11.9. The van der Waals surface area contributed by atoms with Gasteiger partial charge in [0.05, 0.1) is 10.7 Å². The summed E-state index contributed by atoms with van der Waals surface area (Å²) in [6, 6.07) is 9.67. The monoisotopic (exact) mass is 304 g/mol. The topological polar surface area (TPSA) is 61.6 Å². The van der Waals surface area contributed by atoms with Crippen molar-refractivity contribution < 1.29 is 0 Å². The molecule has 3 rings (SSSR count). The number of hydrogen-bond donors (Lipinski definition) is 1. The zero-order valence-electron chi connectivity index (χ0n) is 10.4. The summed E-state index contributed by atoms with van der Waals surface area (Å²) < 4.78 is 0. The van der Waals surface area contributed by atoms with Gasteiger partial charge < -0.3 is 5.32 Å². The second kappa shape index (κ2) is 5.28. The lowest BCUT2D eigenvalue weighted by molar-refractivity contribution is 1.05. The highest BCUT2D eigenvalue weighted by atomic mass is 35.5. The third-order valence-electron chi connectivity index (χ3n) is 3.02. The second-order valence-corrected chi connectivity index (χ2v) is 5.34. The van der Waals surface area contributed by atoms with Gasteiger partial charge in [-0.25, -0.2) is 4.98 Å². The highest BCUT2D eigenvalue weighted by Crippen LogP contribution is 2.33. The third-order valence-corrected chi connectivity index (χ3v) is 3.62. The molecule has 1 heterocycles. The van der Waals surface area contributed by atoms with Crippen LogP contribution in [0.4, 0.5) is 5.95 Å². The van der Waals surface area contributed by atoms with Gasteiger partial charge in [0, 0.05) is 11.6 Å². The summed E-state index contributed by atoms with van der Waals surface area (Å²) >= 11 is 12.3. The molecule has 0 bridgehead atoms. The van der Waals surface area contributed by atoms with Gasteiger partial charge in [-0.1, -0.05) is 41.4 Å². The number of hydrogen-bond acceptors (Lipinski definition) is 4. The van der Waals surface area contributed by atoms with Crippen LogP contribution in [-0.2, 0) is 0 Å². The molecule has 1 aromatic carbocycles. The van der Waals surface area contributed by atoms with Crippen LogP contribution in [0.2, 0.25) is 10.2 Å². The average molecular weight is 305 g/mol. The molecule has 0 atom stereocenters. The quantitative estimate of drug-likeness (QED) is 0.874. The molecule has 0 saturated heterocycles. The van der Waals surface area contributed by atoms with Gasteiger partial charge in [-0.15, -0.1) is 0 Å². The van der Waals surface area contributed by atoms with Crippen LogP contribution in [0.15, 0.2) is 24.3 Å². The molecule has 1 aliphatic rings. The number of nitrogens with zero attached hydrogens (tertiary/aromatic N) is 3. The fraction of sp³-hybridized carbons (Fsp3) is 0.214. The van der Waals surface area contributed by atoms with E-state index >= 15 is 0 Å². The smallest absolute Gasteiger partial charge is 0.224 e. The van der Waals surface area contributed by atoms with Crippen LogP contribution in [0.25, 0.3) is 11.3 Å². The standard InChI is InChI=1S/C14H10Cl2N4/c15-11-4-2-1-3-9(11)12-10(7-17)13(16)20-14(19-12)18-8-5-6-8/h1-4,8H,5-6H2,(H,18,19,20). The van der Waals surface area contributed by atoms with Crippen molar-refractivity contribution in [3.05, 3.63) is 40.0 Å². The van der Waals surface area contributed by atoms with Gasteiger partial charge in [0.25, 0.3) is 0 Å². The van der Waals surface area contributed by atoms with Gasteiger partial charge >= 0.3 is 0 Å². The normalized spacial score (nSPS) is 13.8. The molecule has 4 nitrogen and oxygen atoms in total. The number of benzene rings is 1. The number of rotatable bonds is 3. The Morgan fingerprint density at radius 1 is 1.20 bits per heavy atom. The fourth-order valence-corrected chi connectivity index (χ4v) is 2.29. The molecule has 20 heavy (non-hydrogen) atoms. The lowest BCUT2D eigenvalue weighted by Gasteiger charge is -2.10. The van der Waals surface area contributed by atoms with Crippen molar-refractivity contribution in [1.29, 1.82) is 5.26 Å². The lowest BCUT2D eigenvalue weighted by atomic mass is 10.1. The SMILES string of the molecule is N#Cc1c(Cl)nc(NC2CC2)nc1-c1ccccc1Cl. The Morgan fingerprint density at radius 2 is 1.95 bits per heavy atom. The van der Waals surface area contributed by atoms with Crippen LogP contribution in [0, 0.1) is 11.3 Å². The van der Waals surface area contributed by atoms with E-state index in [1.165, 1.54) is 0 Å². The van der Waals surface area contributed by atoms with E-state index in [1.54, 1.807) is 6.07 Å². The highest BCUT2D eigenvalue weighted by Gasteiger charge is 2.24. The fourth-order valence-electron chi connectivity index (χ4n) is 1.86. The number of nitriles is 1. The van der Waals surface area contributed by atoms with E-state index in [9.17, 15) is 5.26 Å².